The van der Waals surface area contributed by atoms with E-state index in [1.807, 2.05) is 78.9 Å². The third-order valence-corrected chi connectivity index (χ3v) is 6.08. The van der Waals surface area contributed by atoms with E-state index in [0.717, 1.165) is 27.3 Å². The van der Waals surface area contributed by atoms with Crippen LogP contribution in [0.25, 0.3) is 21.6 Å². The molecular formula is C26H22N2O2S2. The van der Waals surface area contributed by atoms with Crippen LogP contribution in [0.2, 0.25) is 0 Å². The van der Waals surface area contributed by atoms with Crippen molar-refractivity contribution in [2.24, 2.45) is 0 Å². The number of carbonyl (C=O) groups is 1. The molecule has 0 bridgehead atoms. The van der Waals surface area contributed by atoms with E-state index in [2.05, 4.69) is 22.8 Å². The molecule has 1 heterocycles. The fraction of sp³-hybridized carbons (Fsp3) is 0.0769. The number of thiocarbonyl (C=S) groups is 1. The molecule has 6 heteroatoms. The fourth-order valence-corrected chi connectivity index (χ4v) is 4.64. The molecule has 0 aliphatic heterocycles. The monoisotopic (exact) mass is 458 g/mol. The molecule has 0 spiro atoms. The van der Waals surface area contributed by atoms with Crippen LogP contribution in [0.1, 0.15) is 17.3 Å². The van der Waals surface area contributed by atoms with E-state index in [4.69, 9.17) is 17.0 Å². The van der Waals surface area contributed by atoms with Crippen LogP contribution in [0.4, 0.5) is 10.7 Å². The molecule has 160 valence electrons. The molecule has 2 N–H and O–H groups in total. The Bertz CT molecular complexity index is 1220. The minimum absolute atomic E-state index is 0.307. The lowest BCUT2D eigenvalue weighted by Crippen LogP contribution is -2.20. The number of thiophene rings is 1. The van der Waals surface area contributed by atoms with Crippen LogP contribution in [-0.4, -0.2) is 17.7 Å². The van der Waals surface area contributed by atoms with Gasteiger partial charge in [0.1, 0.15) is 5.00 Å². The summed E-state index contributed by atoms with van der Waals surface area (Å²) in [4.78, 5) is 13.5. The molecule has 3 aromatic carbocycles. The number of carbonyl (C=O) groups excluding carboxylic acids is 1. The lowest BCUT2D eigenvalue weighted by molar-refractivity contribution is 0.0528. The van der Waals surface area contributed by atoms with E-state index in [1.54, 1.807) is 6.92 Å². The quantitative estimate of drug-likeness (QED) is 0.239. The number of hydrogen-bond donors (Lipinski definition) is 2. The minimum Gasteiger partial charge on any atom is -0.462 e. The molecular weight excluding hydrogens is 436 g/mol. The standard InChI is InChI=1S/C26H22N2O2S2/c1-2-30-25(29)21-17-23(19-13-7-4-8-14-19)32-24(21)28-26(31)27-22-16-10-9-15-20(22)18-11-5-3-6-12-18/h3-17H,2H2,1H3,(H2,27,28,31). The summed E-state index contributed by atoms with van der Waals surface area (Å²) in [7, 11) is 0. The normalized spacial score (nSPS) is 10.4. The largest absolute Gasteiger partial charge is 0.462 e. The van der Waals surface area contributed by atoms with Gasteiger partial charge in [-0.15, -0.1) is 11.3 Å². The van der Waals surface area contributed by atoms with Gasteiger partial charge in [-0.1, -0.05) is 78.9 Å². The van der Waals surface area contributed by atoms with Gasteiger partial charge in [-0.2, -0.15) is 0 Å². The van der Waals surface area contributed by atoms with Gasteiger partial charge in [0.25, 0.3) is 0 Å². The Hall–Kier alpha value is -3.48. The zero-order valence-corrected chi connectivity index (χ0v) is 19.1. The summed E-state index contributed by atoms with van der Waals surface area (Å²) < 4.78 is 5.26. The Kier molecular flexibility index (Phi) is 6.94. The highest BCUT2D eigenvalue weighted by Crippen LogP contribution is 2.36. The summed E-state index contributed by atoms with van der Waals surface area (Å²) in [5, 5.41) is 7.54. The number of anilines is 2. The third-order valence-electron chi connectivity index (χ3n) is 4.77. The predicted octanol–water partition coefficient (Wildman–Crippen LogP) is 7.07. The van der Waals surface area contributed by atoms with Gasteiger partial charge < -0.3 is 15.4 Å². The highest BCUT2D eigenvalue weighted by Gasteiger charge is 2.19. The molecule has 0 aliphatic carbocycles. The Balaban J connectivity index is 1.60. The summed E-state index contributed by atoms with van der Waals surface area (Å²) >= 11 is 7.06. The van der Waals surface area contributed by atoms with Crippen molar-refractivity contribution < 1.29 is 9.53 Å². The molecule has 0 saturated heterocycles. The highest BCUT2D eigenvalue weighted by molar-refractivity contribution is 7.80. The van der Waals surface area contributed by atoms with Crippen molar-refractivity contribution in [3.8, 4) is 21.6 Å². The van der Waals surface area contributed by atoms with Crippen molar-refractivity contribution in [3.63, 3.8) is 0 Å². The molecule has 0 unspecified atom stereocenters. The Morgan fingerprint density at radius 3 is 2.19 bits per heavy atom. The first-order chi connectivity index (χ1) is 15.7. The molecule has 0 radical (unpaired) electrons. The van der Waals surface area contributed by atoms with Crippen LogP contribution in [0.3, 0.4) is 0 Å². The second-order valence-corrected chi connectivity index (χ2v) is 8.39. The smallest absolute Gasteiger partial charge is 0.341 e. The van der Waals surface area contributed by atoms with Crippen LogP contribution >= 0.6 is 23.6 Å². The van der Waals surface area contributed by atoms with Gasteiger partial charge in [0.05, 0.1) is 12.2 Å². The van der Waals surface area contributed by atoms with E-state index >= 15 is 0 Å². The molecule has 0 amide bonds. The van der Waals surface area contributed by atoms with Crippen LogP contribution < -0.4 is 10.6 Å². The first-order valence-corrected chi connectivity index (χ1v) is 11.5. The van der Waals surface area contributed by atoms with Gasteiger partial charge >= 0.3 is 5.97 Å². The van der Waals surface area contributed by atoms with Gasteiger partial charge in [0.15, 0.2) is 5.11 Å². The maximum Gasteiger partial charge on any atom is 0.341 e. The third kappa shape index (κ3) is 5.04. The van der Waals surface area contributed by atoms with E-state index in [-0.39, 0.29) is 5.97 Å². The number of nitrogens with one attached hydrogen (secondary N) is 2. The van der Waals surface area contributed by atoms with Crippen LogP contribution in [0.15, 0.2) is 91.0 Å². The van der Waals surface area contributed by atoms with Crippen LogP contribution in [-0.2, 0) is 4.74 Å². The molecule has 4 nitrogen and oxygen atoms in total. The minimum atomic E-state index is -0.374. The van der Waals surface area contributed by atoms with E-state index in [1.165, 1.54) is 11.3 Å². The number of esters is 1. The Morgan fingerprint density at radius 2 is 1.50 bits per heavy atom. The summed E-state index contributed by atoms with van der Waals surface area (Å²) in [6.07, 6.45) is 0. The number of benzene rings is 3. The Morgan fingerprint density at radius 1 is 0.875 bits per heavy atom. The topological polar surface area (TPSA) is 50.4 Å². The molecule has 0 aliphatic rings. The lowest BCUT2D eigenvalue weighted by atomic mass is 10.0. The zero-order chi connectivity index (χ0) is 22.3. The average molecular weight is 459 g/mol. The zero-order valence-electron chi connectivity index (χ0n) is 17.5. The molecule has 0 atom stereocenters. The SMILES string of the molecule is CCOC(=O)c1cc(-c2ccccc2)sc1NC(=S)Nc1ccccc1-c1ccccc1. The molecule has 32 heavy (non-hydrogen) atoms. The molecule has 1 aromatic heterocycles. The van der Waals surface area contributed by atoms with E-state index in [9.17, 15) is 4.79 Å². The lowest BCUT2D eigenvalue weighted by Gasteiger charge is -2.14. The maximum absolute atomic E-state index is 12.6. The van der Waals surface area contributed by atoms with Crippen LogP contribution in [0.5, 0.6) is 0 Å². The first-order valence-electron chi connectivity index (χ1n) is 10.2. The molecule has 4 aromatic rings. The van der Waals surface area contributed by atoms with E-state index < -0.39 is 0 Å². The van der Waals surface area contributed by atoms with Crippen molar-refractivity contribution in [2.75, 3.05) is 17.2 Å². The van der Waals surface area contributed by atoms with Gasteiger partial charge in [-0.25, -0.2) is 4.79 Å². The molecule has 0 saturated carbocycles. The van der Waals surface area contributed by atoms with Gasteiger partial charge in [-0.05, 0) is 42.4 Å². The molecule has 0 fully saturated rings. The summed E-state index contributed by atoms with van der Waals surface area (Å²) in [6.45, 7) is 2.10. The fourth-order valence-electron chi connectivity index (χ4n) is 3.31. The molecule has 4 rings (SSSR count). The van der Waals surface area contributed by atoms with E-state index in [0.29, 0.717) is 22.3 Å². The summed E-state index contributed by atoms with van der Waals surface area (Å²) in [5.41, 5.74) is 4.52. The number of rotatable bonds is 6. The van der Waals surface area contributed by atoms with Crippen molar-refractivity contribution in [1.29, 1.82) is 0 Å². The van der Waals surface area contributed by atoms with Gasteiger partial charge in [0, 0.05) is 16.1 Å². The Labute approximate surface area is 196 Å². The van der Waals surface area contributed by atoms with Gasteiger partial charge in [0.2, 0.25) is 0 Å². The maximum atomic E-state index is 12.6. The number of ether oxygens (including phenoxy) is 1. The second-order valence-electron chi connectivity index (χ2n) is 6.93. The first kappa shape index (κ1) is 21.7. The average Bonchev–Trinajstić information content (AvgIpc) is 3.24. The number of para-hydroxylation sites is 1. The van der Waals surface area contributed by atoms with Crippen molar-refractivity contribution in [1.82, 2.24) is 0 Å². The highest BCUT2D eigenvalue weighted by atomic mass is 32.1. The number of hydrogen-bond acceptors (Lipinski definition) is 4. The predicted molar refractivity (Wildman–Crippen MR) is 137 cm³/mol. The second kappa shape index (κ2) is 10.2. The van der Waals surface area contributed by atoms with Crippen molar-refractivity contribution in [2.45, 2.75) is 6.92 Å². The van der Waals surface area contributed by atoms with Crippen molar-refractivity contribution in [3.05, 3.63) is 96.6 Å². The van der Waals surface area contributed by atoms with Gasteiger partial charge in [-0.3, -0.25) is 0 Å². The summed E-state index contributed by atoms with van der Waals surface area (Å²) in [5.74, 6) is -0.374. The summed E-state index contributed by atoms with van der Waals surface area (Å²) in [6, 6.07) is 29.9. The van der Waals surface area contributed by atoms with Crippen molar-refractivity contribution >= 4 is 45.3 Å². The van der Waals surface area contributed by atoms with Crippen LogP contribution in [0, 0.1) is 0 Å².